The SMILES string of the molecule is CNC(C)c1cccnc1OCC1CCCCO1. The van der Waals surface area contributed by atoms with Gasteiger partial charge >= 0.3 is 0 Å². The molecule has 1 aliphatic heterocycles. The van der Waals surface area contributed by atoms with E-state index in [4.69, 9.17) is 9.47 Å². The number of pyridine rings is 1. The van der Waals surface area contributed by atoms with Crippen LogP contribution in [0.15, 0.2) is 18.3 Å². The summed E-state index contributed by atoms with van der Waals surface area (Å²) in [5.74, 6) is 0.716. The lowest BCUT2D eigenvalue weighted by atomic mass is 10.1. The number of nitrogens with one attached hydrogen (secondary N) is 1. The summed E-state index contributed by atoms with van der Waals surface area (Å²) in [6, 6.07) is 4.22. The topological polar surface area (TPSA) is 43.4 Å². The van der Waals surface area contributed by atoms with Crippen LogP contribution < -0.4 is 10.1 Å². The van der Waals surface area contributed by atoms with Crippen molar-refractivity contribution in [2.75, 3.05) is 20.3 Å². The fourth-order valence-electron chi connectivity index (χ4n) is 2.12. The highest BCUT2D eigenvalue weighted by Crippen LogP contribution is 2.23. The van der Waals surface area contributed by atoms with Crippen LogP contribution in [0.1, 0.15) is 37.8 Å². The minimum atomic E-state index is 0.221. The predicted molar refractivity (Wildman–Crippen MR) is 70.8 cm³/mol. The molecule has 1 saturated heterocycles. The van der Waals surface area contributed by atoms with Gasteiger partial charge in [-0.15, -0.1) is 0 Å². The molecule has 0 aliphatic carbocycles. The second-order valence-corrected chi connectivity index (χ2v) is 4.71. The largest absolute Gasteiger partial charge is 0.475 e. The van der Waals surface area contributed by atoms with Crippen molar-refractivity contribution in [2.45, 2.75) is 38.3 Å². The Morgan fingerprint density at radius 2 is 2.44 bits per heavy atom. The van der Waals surface area contributed by atoms with E-state index in [-0.39, 0.29) is 12.1 Å². The highest BCUT2D eigenvalue weighted by molar-refractivity contribution is 5.28. The van der Waals surface area contributed by atoms with Crippen molar-refractivity contribution in [3.63, 3.8) is 0 Å². The van der Waals surface area contributed by atoms with Crippen LogP contribution in [0.5, 0.6) is 5.88 Å². The van der Waals surface area contributed by atoms with E-state index in [0.717, 1.165) is 18.6 Å². The molecule has 0 radical (unpaired) electrons. The average molecular weight is 250 g/mol. The molecule has 0 aromatic carbocycles. The molecule has 2 unspecified atom stereocenters. The number of nitrogens with zero attached hydrogens (tertiary/aromatic N) is 1. The van der Waals surface area contributed by atoms with E-state index in [2.05, 4.69) is 17.2 Å². The number of rotatable bonds is 5. The van der Waals surface area contributed by atoms with Crippen LogP contribution in [0.4, 0.5) is 0 Å². The van der Waals surface area contributed by atoms with Crippen LogP contribution in [0.2, 0.25) is 0 Å². The molecule has 1 aromatic heterocycles. The lowest BCUT2D eigenvalue weighted by molar-refractivity contribution is -0.0122. The minimum absolute atomic E-state index is 0.221. The van der Waals surface area contributed by atoms with Gasteiger partial charge in [-0.25, -0.2) is 4.98 Å². The molecule has 0 saturated carbocycles. The zero-order chi connectivity index (χ0) is 12.8. The molecule has 100 valence electrons. The van der Waals surface area contributed by atoms with Gasteiger partial charge in [0.2, 0.25) is 5.88 Å². The van der Waals surface area contributed by atoms with Gasteiger partial charge in [0.25, 0.3) is 0 Å². The van der Waals surface area contributed by atoms with Crippen LogP contribution in [0.3, 0.4) is 0 Å². The maximum absolute atomic E-state index is 5.82. The Bertz CT molecular complexity index is 365. The second-order valence-electron chi connectivity index (χ2n) is 4.71. The van der Waals surface area contributed by atoms with E-state index >= 15 is 0 Å². The third-order valence-electron chi connectivity index (χ3n) is 3.38. The zero-order valence-electron chi connectivity index (χ0n) is 11.2. The van der Waals surface area contributed by atoms with Crippen LogP contribution in [-0.4, -0.2) is 31.3 Å². The first kappa shape index (κ1) is 13.3. The van der Waals surface area contributed by atoms with Crippen LogP contribution >= 0.6 is 0 Å². The van der Waals surface area contributed by atoms with Gasteiger partial charge in [-0.2, -0.15) is 0 Å². The van der Waals surface area contributed by atoms with Crippen molar-refractivity contribution < 1.29 is 9.47 Å². The van der Waals surface area contributed by atoms with E-state index in [1.807, 2.05) is 19.2 Å². The molecule has 4 nitrogen and oxygen atoms in total. The van der Waals surface area contributed by atoms with Gasteiger partial charge in [0, 0.05) is 24.4 Å². The van der Waals surface area contributed by atoms with Crippen molar-refractivity contribution in [1.82, 2.24) is 10.3 Å². The Morgan fingerprint density at radius 3 is 3.17 bits per heavy atom. The monoisotopic (exact) mass is 250 g/mol. The molecule has 1 fully saturated rings. The van der Waals surface area contributed by atoms with Crippen molar-refractivity contribution in [3.8, 4) is 5.88 Å². The number of aromatic nitrogens is 1. The van der Waals surface area contributed by atoms with Crippen LogP contribution in [0, 0.1) is 0 Å². The van der Waals surface area contributed by atoms with E-state index < -0.39 is 0 Å². The van der Waals surface area contributed by atoms with Gasteiger partial charge in [-0.05, 0) is 39.3 Å². The normalized spacial score (nSPS) is 21.6. The van der Waals surface area contributed by atoms with E-state index in [0.29, 0.717) is 12.5 Å². The van der Waals surface area contributed by atoms with E-state index in [1.165, 1.54) is 12.8 Å². The van der Waals surface area contributed by atoms with Crippen molar-refractivity contribution >= 4 is 0 Å². The fourth-order valence-corrected chi connectivity index (χ4v) is 2.12. The van der Waals surface area contributed by atoms with E-state index in [1.54, 1.807) is 6.20 Å². The van der Waals surface area contributed by atoms with Gasteiger partial charge in [-0.1, -0.05) is 6.07 Å². The van der Waals surface area contributed by atoms with Gasteiger partial charge in [0.05, 0.1) is 6.10 Å². The van der Waals surface area contributed by atoms with Gasteiger partial charge in [0.15, 0.2) is 0 Å². The number of ether oxygens (including phenoxy) is 2. The summed E-state index contributed by atoms with van der Waals surface area (Å²) in [6.07, 6.45) is 5.48. The molecular weight excluding hydrogens is 228 g/mol. The summed E-state index contributed by atoms with van der Waals surface area (Å²) in [5.41, 5.74) is 1.09. The number of hydrogen-bond acceptors (Lipinski definition) is 4. The van der Waals surface area contributed by atoms with Gasteiger partial charge in [0.1, 0.15) is 6.61 Å². The summed E-state index contributed by atoms with van der Waals surface area (Å²) in [6.45, 7) is 3.55. The molecule has 18 heavy (non-hydrogen) atoms. The molecule has 1 aliphatic rings. The molecule has 1 aromatic rings. The fraction of sp³-hybridized carbons (Fsp3) is 0.643. The van der Waals surface area contributed by atoms with Crippen molar-refractivity contribution in [1.29, 1.82) is 0 Å². The Labute approximate surface area is 109 Å². The van der Waals surface area contributed by atoms with Crippen LogP contribution in [-0.2, 0) is 4.74 Å². The molecule has 1 N–H and O–H groups in total. The highest BCUT2D eigenvalue weighted by atomic mass is 16.5. The quantitative estimate of drug-likeness (QED) is 0.871. The summed E-state index contributed by atoms with van der Waals surface area (Å²) in [7, 11) is 1.94. The van der Waals surface area contributed by atoms with Crippen molar-refractivity contribution in [3.05, 3.63) is 23.9 Å². The molecule has 2 heterocycles. The molecule has 0 bridgehead atoms. The molecule has 0 spiro atoms. The minimum Gasteiger partial charge on any atom is -0.475 e. The highest BCUT2D eigenvalue weighted by Gasteiger charge is 2.16. The summed E-state index contributed by atoms with van der Waals surface area (Å²) < 4.78 is 11.5. The third kappa shape index (κ3) is 3.43. The number of hydrogen-bond donors (Lipinski definition) is 1. The lowest BCUT2D eigenvalue weighted by Crippen LogP contribution is -2.26. The molecule has 0 amide bonds. The average Bonchev–Trinajstić information content (AvgIpc) is 2.45. The summed E-state index contributed by atoms with van der Waals surface area (Å²) in [4.78, 5) is 4.31. The maximum Gasteiger partial charge on any atom is 0.218 e. The summed E-state index contributed by atoms with van der Waals surface area (Å²) in [5, 5.41) is 3.21. The third-order valence-corrected chi connectivity index (χ3v) is 3.38. The molecular formula is C14H22N2O2. The standard InChI is InChI=1S/C14H22N2O2/c1-11(15-2)13-7-5-8-16-14(13)18-10-12-6-3-4-9-17-12/h5,7-8,11-12,15H,3-4,6,9-10H2,1-2H3. The van der Waals surface area contributed by atoms with Crippen molar-refractivity contribution in [2.24, 2.45) is 0 Å². The predicted octanol–water partition coefficient (Wildman–Crippen LogP) is 2.31. The Hall–Kier alpha value is -1.13. The molecule has 2 atom stereocenters. The maximum atomic E-state index is 5.82. The van der Waals surface area contributed by atoms with Crippen LogP contribution in [0.25, 0.3) is 0 Å². The first-order valence-electron chi connectivity index (χ1n) is 6.68. The van der Waals surface area contributed by atoms with E-state index in [9.17, 15) is 0 Å². The first-order chi connectivity index (χ1) is 8.81. The lowest BCUT2D eigenvalue weighted by Gasteiger charge is -2.23. The Morgan fingerprint density at radius 1 is 1.56 bits per heavy atom. The summed E-state index contributed by atoms with van der Waals surface area (Å²) >= 11 is 0. The van der Waals surface area contributed by atoms with Gasteiger partial charge < -0.3 is 14.8 Å². The Balaban J connectivity index is 1.95. The molecule has 4 heteroatoms. The molecule has 2 rings (SSSR count). The van der Waals surface area contributed by atoms with Gasteiger partial charge in [-0.3, -0.25) is 0 Å². The second kappa shape index (κ2) is 6.71. The smallest absolute Gasteiger partial charge is 0.218 e. The Kier molecular flexibility index (Phi) is 4.96. The first-order valence-corrected chi connectivity index (χ1v) is 6.68. The zero-order valence-corrected chi connectivity index (χ0v) is 11.2.